The highest BCUT2D eigenvalue weighted by molar-refractivity contribution is 5.76. The fourth-order valence-electron chi connectivity index (χ4n) is 3.31. The third kappa shape index (κ3) is 1.86. The zero-order valence-electron chi connectivity index (χ0n) is 11.3. The Morgan fingerprint density at radius 1 is 1.47 bits per heavy atom. The van der Waals surface area contributed by atoms with E-state index in [1.165, 1.54) is 0 Å². The largest absolute Gasteiger partial charge is 0.395 e. The molecule has 1 fully saturated rings. The number of rotatable bonds is 3. The lowest BCUT2D eigenvalue weighted by atomic mass is 9.84. The summed E-state index contributed by atoms with van der Waals surface area (Å²) in [5, 5.41) is 9.33. The first-order chi connectivity index (χ1) is 9.16. The van der Waals surface area contributed by atoms with Crippen molar-refractivity contribution >= 4 is 11.0 Å². The standard InChI is InChI=1S/C15H21N3O/c1-15(8-4-7-13(15)16)14-17-11-5-2-3-6-12(11)18(14)9-10-19/h2-3,5-6,13,19H,4,7-10,16H2,1H3. The maximum Gasteiger partial charge on any atom is 0.117 e. The van der Waals surface area contributed by atoms with Crippen molar-refractivity contribution in [1.82, 2.24) is 9.55 Å². The number of fused-ring (bicyclic) bond motifs is 1. The molecule has 0 bridgehead atoms. The number of aliphatic hydroxyl groups is 1. The molecule has 3 N–H and O–H groups in total. The van der Waals surface area contributed by atoms with Crippen LogP contribution in [0.1, 0.15) is 32.0 Å². The van der Waals surface area contributed by atoms with E-state index in [4.69, 9.17) is 10.7 Å². The zero-order chi connectivity index (χ0) is 13.5. The first-order valence-electron chi connectivity index (χ1n) is 6.99. The van der Waals surface area contributed by atoms with Crippen molar-refractivity contribution < 1.29 is 5.11 Å². The highest BCUT2D eigenvalue weighted by Crippen LogP contribution is 2.40. The van der Waals surface area contributed by atoms with Gasteiger partial charge in [-0.15, -0.1) is 0 Å². The minimum absolute atomic E-state index is 0.0752. The Balaban J connectivity index is 2.19. The molecular formula is C15H21N3O. The summed E-state index contributed by atoms with van der Waals surface area (Å²) in [5.41, 5.74) is 8.32. The molecule has 1 aromatic heterocycles. The van der Waals surface area contributed by atoms with Crippen LogP contribution >= 0.6 is 0 Å². The summed E-state index contributed by atoms with van der Waals surface area (Å²) in [6, 6.07) is 8.25. The molecule has 1 heterocycles. The van der Waals surface area contributed by atoms with E-state index in [0.717, 1.165) is 36.1 Å². The van der Waals surface area contributed by atoms with Crippen LogP contribution in [0.2, 0.25) is 0 Å². The van der Waals surface area contributed by atoms with Gasteiger partial charge in [0.2, 0.25) is 0 Å². The Bertz CT molecular complexity index is 592. The molecule has 1 saturated carbocycles. The number of imidazole rings is 1. The third-order valence-electron chi connectivity index (χ3n) is 4.52. The Morgan fingerprint density at radius 3 is 2.95 bits per heavy atom. The quantitative estimate of drug-likeness (QED) is 0.883. The minimum atomic E-state index is -0.0752. The van der Waals surface area contributed by atoms with Gasteiger partial charge in [0.25, 0.3) is 0 Å². The van der Waals surface area contributed by atoms with Crippen molar-refractivity contribution in [3.05, 3.63) is 30.1 Å². The van der Waals surface area contributed by atoms with Gasteiger partial charge < -0.3 is 15.4 Å². The molecule has 0 spiro atoms. The lowest BCUT2D eigenvalue weighted by molar-refractivity contribution is 0.269. The number of aromatic nitrogens is 2. The van der Waals surface area contributed by atoms with Crippen molar-refractivity contribution in [2.75, 3.05) is 6.61 Å². The first-order valence-corrected chi connectivity index (χ1v) is 6.99. The van der Waals surface area contributed by atoms with Crippen LogP contribution in [0.4, 0.5) is 0 Å². The van der Waals surface area contributed by atoms with Crippen LogP contribution in [0.5, 0.6) is 0 Å². The minimum Gasteiger partial charge on any atom is -0.395 e. The van der Waals surface area contributed by atoms with Crippen molar-refractivity contribution in [1.29, 1.82) is 0 Å². The second-order valence-corrected chi connectivity index (χ2v) is 5.72. The SMILES string of the molecule is CC1(c2nc3ccccc3n2CCO)CCCC1N. The predicted molar refractivity (Wildman–Crippen MR) is 76.0 cm³/mol. The zero-order valence-corrected chi connectivity index (χ0v) is 11.3. The molecule has 1 aromatic carbocycles. The average molecular weight is 259 g/mol. The Morgan fingerprint density at radius 2 is 2.26 bits per heavy atom. The van der Waals surface area contributed by atoms with Crippen molar-refractivity contribution in [3.8, 4) is 0 Å². The van der Waals surface area contributed by atoms with E-state index in [1.807, 2.05) is 18.2 Å². The van der Waals surface area contributed by atoms with Crippen molar-refractivity contribution in [3.63, 3.8) is 0 Å². The van der Waals surface area contributed by atoms with Gasteiger partial charge in [0.05, 0.1) is 17.6 Å². The van der Waals surface area contributed by atoms with E-state index >= 15 is 0 Å². The number of nitrogens with zero attached hydrogens (tertiary/aromatic N) is 2. The van der Waals surface area contributed by atoms with Gasteiger partial charge in [0, 0.05) is 18.0 Å². The molecule has 1 aliphatic carbocycles. The highest BCUT2D eigenvalue weighted by atomic mass is 16.3. The van der Waals surface area contributed by atoms with E-state index in [0.29, 0.717) is 6.54 Å². The number of aliphatic hydroxyl groups excluding tert-OH is 1. The third-order valence-corrected chi connectivity index (χ3v) is 4.52. The summed E-state index contributed by atoms with van der Waals surface area (Å²) in [7, 11) is 0. The number of nitrogens with two attached hydrogens (primary N) is 1. The van der Waals surface area contributed by atoms with Crippen LogP contribution in [0.15, 0.2) is 24.3 Å². The van der Waals surface area contributed by atoms with E-state index < -0.39 is 0 Å². The molecule has 3 rings (SSSR count). The monoisotopic (exact) mass is 259 g/mol. The smallest absolute Gasteiger partial charge is 0.117 e. The number of hydrogen-bond donors (Lipinski definition) is 2. The number of benzene rings is 1. The molecule has 2 atom stereocenters. The average Bonchev–Trinajstić information content (AvgIpc) is 2.94. The molecule has 2 unspecified atom stereocenters. The highest BCUT2D eigenvalue weighted by Gasteiger charge is 2.41. The van der Waals surface area contributed by atoms with Crippen LogP contribution in [0, 0.1) is 0 Å². The van der Waals surface area contributed by atoms with Crippen LogP contribution in [0.3, 0.4) is 0 Å². The summed E-state index contributed by atoms with van der Waals surface area (Å²) in [4.78, 5) is 4.81. The van der Waals surface area contributed by atoms with Crippen LogP contribution < -0.4 is 5.73 Å². The van der Waals surface area contributed by atoms with Gasteiger partial charge in [-0.25, -0.2) is 4.98 Å². The molecular weight excluding hydrogens is 238 g/mol. The summed E-state index contributed by atoms with van der Waals surface area (Å²) in [5.74, 6) is 1.03. The molecule has 0 amide bonds. The number of hydrogen-bond acceptors (Lipinski definition) is 3. The van der Waals surface area contributed by atoms with E-state index in [2.05, 4.69) is 17.6 Å². The van der Waals surface area contributed by atoms with Crippen molar-refractivity contribution in [2.24, 2.45) is 5.73 Å². The lowest BCUT2D eigenvalue weighted by Crippen LogP contribution is -2.40. The maximum absolute atomic E-state index is 9.33. The molecule has 4 heteroatoms. The van der Waals surface area contributed by atoms with Gasteiger partial charge in [-0.2, -0.15) is 0 Å². The normalized spacial score (nSPS) is 27.2. The molecule has 0 radical (unpaired) electrons. The fourth-order valence-corrected chi connectivity index (χ4v) is 3.31. The summed E-state index contributed by atoms with van der Waals surface area (Å²) >= 11 is 0. The Kier molecular flexibility index (Phi) is 3.07. The Hall–Kier alpha value is -1.39. The molecule has 2 aromatic rings. The van der Waals surface area contributed by atoms with Gasteiger partial charge >= 0.3 is 0 Å². The fraction of sp³-hybridized carbons (Fsp3) is 0.533. The maximum atomic E-state index is 9.33. The second-order valence-electron chi connectivity index (χ2n) is 5.72. The van der Waals surface area contributed by atoms with Gasteiger partial charge in [-0.05, 0) is 25.0 Å². The second kappa shape index (κ2) is 4.62. The lowest BCUT2D eigenvalue weighted by Gasteiger charge is -2.29. The Labute approximate surface area is 113 Å². The molecule has 1 aliphatic rings. The molecule has 102 valence electrons. The van der Waals surface area contributed by atoms with Gasteiger partial charge in [0.1, 0.15) is 5.82 Å². The number of para-hydroxylation sites is 2. The first kappa shape index (κ1) is 12.6. The summed E-state index contributed by atoms with van der Waals surface area (Å²) in [6.07, 6.45) is 3.28. The summed E-state index contributed by atoms with van der Waals surface area (Å²) in [6.45, 7) is 2.91. The van der Waals surface area contributed by atoms with Crippen LogP contribution in [-0.4, -0.2) is 27.3 Å². The van der Waals surface area contributed by atoms with E-state index in [1.54, 1.807) is 0 Å². The summed E-state index contributed by atoms with van der Waals surface area (Å²) < 4.78 is 2.14. The van der Waals surface area contributed by atoms with Crippen molar-refractivity contribution in [2.45, 2.75) is 44.2 Å². The van der Waals surface area contributed by atoms with Gasteiger partial charge in [-0.1, -0.05) is 25.5 Å². The van der Waals surface area contributed by atoms with Crippen LogP contribution in [-0.2, 0) is 12.0 Å². The van der Waals surface area contributed by atoms with E-state index in [9.17, 15) is 5.11 Å². The van der Waals surface area contributed by atoms with Gasteiger partial charge in [-0.3, -0.25) is 0 Å². The molecule has 19 heavy (non-hydrogen) atoms. The molecule has 0 aliphatic heterocycles. The van der Waals surface area contributed by atoms with Gasteiger partial charge in [0.15, 0.2) is 0 Å². The molecule has 4 nitrogen and oxygen atoms in total. The van der Waals surface area contributed by atoms with Crippen LogP contribution in [0.25, 0.3) is 11.0 Å². The van der Waals surface area contributed by atoms with E-state index in [-0.39, 0.29) is 18.1 Å². The predicted octanol–water partition coefficient (Wildman–Crippen LogP) is 1.80. The topological polar surface area (TPSA) is 64.1 Å². The molecule has 0 saturated heterocycles.